The second-order valence-electron chi connectivity index (χ2n) is 2.23. The predicted octanol–water partition coefficient (Wildman–Crippen LogP) is 1.66. The fourth-order valence-corrected chi connectivity index (χ4v) is 0.633. The van der Waals surface area contributed by atoms with Gasteiger partial charge in [0.2, 0.25) is 0 Å². The molecule has 0 aliphatic carbocycles. The molecule has 0 aromatic carbocycles. The first kappa shape index (κ1) is 30.3. The standard InChI is InChI=1S/C9H14O2.3CO.Fe/c1-4-5-6-7-8(2)11-9(3)10;3*1-2;/h4-8H,1-3H3;;;;/t8-;;;;/m1..../s1. The van der Waals surface area contributed by atoms with Gasteiger partial charge in [-0.05, 0) is 26.2 Å². The Morgan fingerprint density at radius 1 is 1.11 bits per heavy atom. The molecule has 0 saturated heterocycles. The Morgan fingerprint density at radius 3 is 1.78 bits per heavy atom. The van der Waals surface area contributed by atoms with Crippen LogP contribution in [0.25, 0.3) is 0 Å². The van der Waals surface area contributed by atoms with Gasteiger partial charge in [-0.3, -0.25) is 4.79 Å². The molecule has 0 spiro atoms. The molecule has 100 valence electrons. The van der Waals surface area contributed by atoms with Gasteiger partial charge in [0.15, 0.2) is 0 Å². The van der Waals surface area contributed by atoms with Crippen LogP contribution in [-0.4, -0.2) is 12.1 Å². The van der Waals surface area contributed by atoms with Crippen LogP contribution in [0.15, 0.2) is 0 Å². The second kappa shape index (κ2) is 36.0. The summed E-state index contributed by atoms with van der Waals surface area (Å²) in [7, 11) is 0. The average Bonchev–Trinajstić information content (AvgIpc) is 2.36. The fraction of sp³-hybridized carbons (Fsp3) is 0.333. The van der Waals surface area contributed by atoms with Crippen LogP contribution >= 0.6 is 0 Å². The summed E-state index contributed by atoms with van der Waals surface area (Å²) in [6.45, 7) is 18.7. The number of ether oxygens (including phenoxy) is 1. The van der Waals surface area contributed by atoms with Crippen molar-refractivity contribution in [3.8, 4) is 0 Å². The molecule has 0 N–H and O–H groups in total. The van der Waals surface area contributed by atoms with Gasteiger partial charge in [0.1, 0.15) is 6.10 Å². The van der Waals surface area contributed by atoms with E-state index in [1.54, 1.807) is 0 Å². The first-order valence-electron chi connectivity index (χ1n) is 4.24. The normalized spacial score (nSPS) is 8.06. The zero-order valence-electron chi connectivity index (χ0n) is 10.3. The predicted molar refractivity (Wildman–Crippen MR) is 55.9 cm³/mol. The summed E-state index contributed by atoms with van der Waals surface area (Å²) < 4.78 is 27.3. The van der Waals surface area contributed by atoms with Gasteiger partial charge in [-0.1, -0.05) is 6.92 Å². The van der Waals surface area contributed by atoms with Gasteiger partial charge >= 0.3 is 39.9 Å². The third-order valence-corrected chi connectivity index (χ3v) is 1.04. The quantitative estimate of drug-likeness (QED) is 0.254. The SMILES string of the molecule is C[CH][CH][CH][CH][C@@H](C)OC(C)=O.[C-]#[O+].[C-]#[O+].[C-]#[O+].[Fe]. The van der Waals surface area contributed by atoms with Crippen molar-refractivity contribution < 1.29 is 40.6 Å². The minimum Gasteiger partial charge on any atom is 0 e. The molecule has 5 nitrogen and oxygen atoms in total. The van der Waals surface area contributed by atoms with Gasteiger partial charge in [-0.25, -0.2) is 0 Å². The van der Waals surface area contributed by atoms with E-state index in [1.807, 2.05) is 39.5 Å². The van der Waals surface area contributed by atoms with Crippen molar-refractivity contribution in [3.05, 3.63) is 45.6 Å². The molecule has 0 heterocycles. The van der Waals surface area contributed by atoms with Gasteiger partial charge < -0.3 is 4.74 Å². The topological polar surface area (TPSA) is 86.0 Å². The molecule has 0 amide bonds. The maximum absolute atomic E-state index is 10.4. The summed E-state index contributed by atoms with van der Waals surface area (Å²) in [6.07, 6.45) is 7.34. The number of hydrogen-bond acceptors (Lipinski definition) is 2. The molecule has 0 aromatic rings. The van der Waals surface area contributed by atoms with Crippen LogP contribution in [0.4, 0.5) is 0 Å². The van der Waals surface area contributed by atoms with Crippen LogP contribution in [-0.2, 0) is 40.6 Å². The van der Waals surface area contributed by atoms with Gasteiger partial charge in [-0.15, -0.1) is 0 Å². The van der Waals surface area contributed by atoms with Crippen LogP contribution in [0.1, 0.15) is 20.8 Å². The summed E-state index contributed by atoms with van der Waals surface area (Å²) in [6, 6.07) is 0. The number of hydrogen-bond donors (Lipinski definition) is 0. The molecule has 0 fully saturated rings. The third-order valence-electron chi connectivity index (χ3n) is 1.04. The molecule has 0 aliphatic heterocycles. The van der Waals surface area contributed by atoms with E-state index in [1.165, 1.54) is 6.92 Å². The molecule has 6 heteroatoms. The Bertz CT molecular complexity index is 196. The Hall–Kier alpha value is -0.791. The largest absolute Gasteiger partial charge is 0 e. The first-order valence-corrected chi connectivity index (χ1v) is 4.24. The van der Waals surface area contributed by atoms with Gasteiger partial charge in [0.05, 0.1) is 0 Å². The van der Waals surface area contributed by atoms with Crippen LogP contribution in [0, 0.1) is 45.6 Å². The van der Waals surface area contributed by atoms with Crippen molar-refractivity contribution in [1.82, 2.24) is 0 Å². The van der Waals surface area contributed by atoms with Crippen molar-refractivity contribution in [2.75, 3.05) is 0 Å². The number of unbranched alkanes of at least 4 members (excludes halogenated alkanes) is 2. The molecule has 0 rings (SSSR count). The number of rotatable bonds is 5. The second-order valence-corrected chi connectivity index (χ2v) is 2.23. The summed E-state index contributed by atoms with van der Waals surface area (Å²) >= 11 is 0. The van der Waals surface area contributed by atoms with Crippen molar-refractivity contribution in [2.24, 2.45) is 0 Å². The summed E-state index contributed by atoms with van der Waals surface area (Å²) in [4.78, 5) is 10.4. The average molecular weight is 294 g/mol. The third kappa shape index (κ3) is 45.6. The van der Waals surface area contributed by atoms with Crippen molar-refractivity contribution in [1.29, 1.82) is 0 Å². The molecule has 0 unspecified atom stereocenters. The van der Waals surface area contributed by atoms with E-state index < -0.39 is 0 Å². The number of carbonyl (C=O) groups excluding carboxylic acids is 1. The molecule has 1 atom stereocenters. The summed E-state index contributed by atoms with van der Waals surface area (Å²) in [5.74, 6) is -0.248. The van der Waals surface area contributed by atoms with E-state index in [0.717, 1.165) is 0 Å². The van der Waals surface area contributed by atoms with Gasteiger partial charge in [0.25, 0.3) is 0 Å². The Labute approximate surface area is 119 Å². The maximum Gasteiger partial charge on any atom is 0 e. The molecule has 18 heavy (non-hydrogen) atoms. The van der Waals surface area contributed by atoms with Crippen LogP contribution < -0.4 is 0 Å². The zero-order valence-corrected chi connectivity index (χ0v) is 11.4. The number of carbonyl (C=O) groups is 1. The van der Waals surface area contributed by atoms with Crippen LogP contribution in [0.2, 0.25) is 0 Å². The van der Waals surface area contributed by atoms with E-state index in [-0.39, 0.29) is 29.1 Å². The fourth-order valence-electron chi connectivity index (χ4n) is 0.633. The van der Waals surface area contributed by atoms with E-state index in [0.29, 0.717) is 0 Å². The Balaban J connectivity index is -0.0000000700. The number of esters is 1. The smallest absolute Gasteiger partial charge is 0 e. The zero-order chi connectivity index (χ0) is 14.7. The van der Waals surface area contributed by atoms with E-state index >= 15 is 0 Å². The minimum atomic E-state index is -0.248. The Morgan fingerprint density at radius 2 is 1.50 bits per heavy atom. The minimum absolute atomic E-state index is 0. The van der Waals surface area contributed by atoms with E-state index in [9.17, 15) is 4.79 Å². The summed E-state index contributed by atoms with van der Waals surface area (Å²) in [5.41, 5.74) is 0. The van der Waals surface area contributed by atoms with Crippen molar-refractivity contribution >= 4 is 5.97 Å². The maximum atomic E-state index is 10.4. The molecule has 0 aromatic heterocycles. The van der Waals surface area contributed by atoms with Gasteiger partial charge in [0, 0.05) is 30.4 Å². The monoisotopic (exact) mass is 294 g/mol. The van der Waals surface area contributed by atoms with E-state index in [2.05, 4.69) is 20.0 Å². The van der Waals surface area contributed by atoms with Crippen molar-refractivity contribution in [3.63, 3.8) is 0 Å². The van der Waals surface area contributed by atoms with Crippen LogP contribution in [0.3, 0.4) is 0 Å². The van der Waals surface area contributed by atoms with Gasteiger partial charge in [-0.2, -0.15) is 0 Å². The molecular weight excluding hydrogens is 280 g/mol. The molecule has 4 radical (unpaired) electrons. The molecule has 0 aliphatic rings. The first-order chi connectivity index (χ1) is 8.16. The van der Waals surface area contributed by atoms with Crippen molar-refractivity contribution in [2.45, 2.75) is 26.9 Å². The molecular formula is C12H14FeO5. The molecule has 0 bridgehead atoms. The van der Waals surface area contributed by atoms with Crippen LogP contribution in [0.5, 0.6) is 0 Å². The summed E-state index contributed by atoms with van der Waals surface area (Å²) in [5, 5.41) is 0. The Kier molecular flexibility index (Phi) is 60.6. The van der Waals surface area contributed by atoms with E-state index in [4.69, 9.17) is 18.7 Å². The molecule has 0 saturated carbocycles.